The lowest BCUT2D eigenvalue weighted by Crippen LogP contribution is -2.31. The van der Waals surface area contributed by atoms with Crippen LogP contribution in [-0.2, 0) is 26.6 Å². The zero-order valence-electron chi connectivity index (χ0n) is 12.4. The third-order valence-electron chi connectivity index (χ3n) is 2.13. The summed E-state index contributed by atoms with van der Waals surface area (Å²) in [7, 11) is -13.4. The molecule has 0 aromatic carbocycles. The number of pyridine rings is 1. The average molecular weight is 414 g/mol. The predicted molar refractivity (Wildman–Crippen MR) is 74.9 cm³/mol. The van der Waals surface area contributed by atoms with Gasteiger partial charge in [0.15, 0.2) is 39.0 Å². The number of hydrogen-bond acceptors (Lipinski definition) is 4. The van der Waals surface area contributed by atoms with Crippen molar-refractivity contribution in [2.75, 3.05) is 0 Å². The number of nitrogens with zero attached hydrogens (tertiary/aromatic N) is 2. The number of allylic oxidation sites excluding steroid dienone is 1. The molecule has 1 aromatic rings. The molecule has 25 heavy (non-hydrogen) atoms. The normalized spacial score (nSPS) is 12.9. The molecule has 0 aliphatic rings. The van der Waals surface area contributed by atoms with Crippen molar-refractivity contribution in [1.29, 1.82) is 0 Å². The number of sulfonamides is 2. The van der Waals surface area contributed by atoms with E-state index in [4.69, 9.17) is 0 Å². The molecule has 6 nitrogen and oxygen atoms in total. The lowest BCUT2D eigenvalue weighted by Gasteiger charge is -2.22. The van der Waals surface area contributed by atoms with Gasteiger partial charge in [-0.05, 0) is 19.1 Å². The fourth-order valence-electron chi connectivity index (χ4n) is 1.13. The summed E-state index contributed by atoms with van der Waals surface area (Å²) in [6.07, 6.45) is 6.02. The van der Waals surface area contributed by atoms with E-state index in [1.807, 2.05) is 18.3 Å². The average Bonchev–Trinajstić information content (AvgIpc) is 2.35. The number of halogens is 6. The largest absolute Gasteiger partial charge is 0.480 e. The first-order chi connectivity index (χ1) is 11.0. The molecule has 1 heterocycles. The number of aromatic nitrogens is 1. The summed E-state index contributed by atoms with van der Waals surface area (Å²) in [5.41, 5.74) is -11.1. The van der Waals surface area contributed by atoms with Gasteiger partial charge in [0.25, 0.3) is 0 Å². The molecule has 14 heteroatoms. The van der Waals surface area contributed by atoms with Crippen molar-refractivity contribution in [3.05, 3.63) is 46.9 Å². The van der Waals surface area contributed by atoms with Gasteiger partial charge in [-0.15, -0.1) is 0 Å². The highest BCUT2D eigenvalue weighted by molar-refractivity contribution is 8.13. The molecule has 0 saturated carbocycles. The zero-order valence-corrected chi connectivity index (χ0v) is 14.0. The van der Waals surface area contributed by atoms with Crippen LogP contribution in [0.2, 0.25) is 0 Å². The van der Waals surface area contributed by atoms with Crippen molar-refractivity contribution in [2.24, 2.45) is 0 Å². The van der Waals surface area contributed by atoms with Crippen molar-refractivity contribution in [3.8, 4) is 0 Å². The smallest absolute Gasteiger partial charge is 0.421 e. The number of alkyl halides is 6. The van der Waals surface area contributed by atoms with E-state index in [0.29, 0.717) is 0 Å². The first kappa shape index (κ1) is 23.3. The Morgan fingerprint density at radius 2 is 1.52 bits per heavy atom. The van der Waals surface area contributed by atoms with Crippen molar-refractivity contribution < 1.29 is 47.7 Å². The van der Waals surface area contributed by atoms with Crippen LogP contribution in [0.5, 0.6) is 0 Å². The molecule has 0 unspecified atom stereocenters. The molecular formula is C11H12F6N2O4S2. The lowest BCUT2D eigenvalue weighted by atomic mass is 10.3. The van der Waals surface area contributed by atoms with Crippen molar-refractivity contribution in [1.82, 2.24) is 0 Å². The Bertz CT molecular complexity index is 759. The Morgan fingerprint density at radius 1 is 1.08 bits per heavy atom. The van der Waals surface area contributed by atoms with Crippen LogP contribution in [0.4, 0.5) is 26.3 Å². The van der Waals surface area contributed by atoms with Gasteiger partial charge in [-0.1, -0.05) is 6.58 Å². The summed E-state index contributed by atoms with van der Waals surface area (Å²) < 4.78 is 111. The fraction of sp³-hybridized carbons (Fsp3) is 0.364. The van der Waals surface area contributed by atoms with E-state index in [1.54, 1.807) is 0 Å². The highest BCUT2D eigenvalue weighted by Crippen LogP contribution is 2.36. The Balaban J connectivity index is 0.000000496. The summed E-state index contributed by atoms with van der Waals surface area (Å²) in [6, 6.07) is 4.12. The maximum Gasteiger partial charge on any atom is 0.480 e. The predicted octanol–water partition coefficient (Wildman–Crippen LogP) is 2.53. The van der Waals surface area contributed by atoms with E-state index in [0.717, 1.165) is 10.7 Å². The van der Waals surface area contributed by atoms with Crippen LogP contribution in [0.1, 0.15) is 5.56 Å². The summed E-state index contributed by atoms with van der Waals surface area (Å²) in [4.78, 5) is 0. The van der Waals surface area contributed by atoms with Crippen LogP contribution in [0.25, 0.3) is 4.13 Å². The van der Waals surface area contributed by atoms with Crippen LogP contribution in [0.15, 0.2) is 37.2 Å². The van der Waals surface area contributed by atoms with Gasteiger partial charge in [0.05, 0.1) is 0 Å². The topological polar surface area (TPSA) is 86.3 Å². The molecule has 0 bridgehead atoms. The molecule has 1 aromatic heterocycles. The first-order valence-electron chi connectivity index (χ1n) is 5.97. The highest BCUT2D eigenvalue weighted by Gasteiger charge is 2.46. The maximum atomic E-state index is 11.4. The third kappa shape index (κ3) is 7.39. The molecule has 1 rings (SSSR count). The van der Waals surface area contributed by atoms with Gasteiger partial charge >= 0.3 is 11.0 Å². The monoisotopic (exact) mass is 414 g/mol. The molecule has 0 radical (unpaired) electrons. The molecule has 0 saturated heterocycles. The van der Waals surface area contributed by atoms with Crippen LogP contribution in [-0.4, -0.2) is 27.9 Å². The second-order valence-corrected chi connectivity index (χ2v) is 7.71. The summed E-state index contributed by atoms with van der Waals surface area (Å²) >= 11 is 0. The lowest BCUT2D eigenvalue weighted by molar-refractivity contribution is -0.687. The molecular weight excluding hydrogens is 402 g/mol. The third-order valence-corrected chi connectivity index (χ3v) is 4.87. The van der Waals surface area contributed by atoms with Crippen LogP contribution in [0, 0.1) is 6.92 Å². The van der Waals surface area contributed by atoms with Gasteiger partial charge < -0.3 is 4.13 Å². The number of hydrogen-bond donors (Lipinski definition) is 0. The number of aryl methyl sites for hydroxylation is 1. The van der Waals surface area contributed by atoms with Gasteiger partial charge in [-0.3, -0.25) is 0 Å². The summed E-state index contributed by atoms with van der Waals surface area (Å²) in [6.45, 7) is 6.64. The molecule has 0 atom stereocenters. The van der Waals surface area contributed by atoms with Crippen molar-refractivity contribution >= 4 is 20.0 Å². The molecule has 0 fully saturated rings. The molecule has 0 aliphatic heterocycles. The zero-order chi connectivity index (χ0) is 20.1. The van der Waals surface area contributed by atoms with E-state index in [2.05, 4.69) is 30.3 Å². The highest BCUT2D eigenvalue weighted by atomic mass is 32.3. The quantitative estimate of drug-likeness (QED) is 0.431. The van der Waals surface area contributed by atoms with E-state index >= 15 is 0 Å². The molecule has 0 spiro atoms. The van der Waals surface area contributed by atoms with Crippen molar-refractivity contribution in [3.63, 3.8) is 0 Å². The van der Waals surface area contributed by atoms with Crippen LogP contribution >= 0.6 is 0 Å². The Morgan fingerprint density at radius 3 is 1.84 bits per heavy atom. The minimum Gasteiger partial charge on any atom is -0.421 e. The standard InChI is InChI=1S/C9H12N.C2F6NO4S2/c1-3-6-10-7-4-5-9(2)8-10;3-1(4,5)14(10,11)9-15(12,13)2(6,7)8/h3-5,7-8H,1,6H2,2H3;/q+1;-1. The van der Waals surface area contributed by atoms with Gasteiger partial charge in [0, 0.05) is 11.6 Å². The Kier molecular flexibility index (Phi) is 7.60. The van der Waals surface area contributed by atoms with Gasteiger partial charge in [-0.25, -0.2) is 21.4 Å². The first-order valence-corrected chi connectivity index (χ1v) is 8.85. The van der Waals surface area contributed by atoms with Crippen molar-refractivity contribution in [2.45, 2.75) is 24.5 Å². The second kappa shape index (κ2) is 8.14. The Hall–Kier alpha value is -1.67. The molecule has 144 valence electrons. The van der Waals surface area contributed by atoms with E-state index in [-0.39, 0.29) is 0 Å². The Labute approximate surface area is 139 Å². The molecule has 0 aliphatic carbocycles. The van der Waals surface area contributed by atoms with Gasteiger partial charge in [0.2, 0.25) is 0 Å². The van der Waals surface area contributed by atoms with Crippen LogP contribution in [0.3, 0.4) is 0 Å². The summed E-state index contributed by atoms with van der Waals surface area (Å²) in [5, 5.41) is 0. The van der Waals surface area contributed by atoms with E-state index in [1.165, 1.54) is 5.56 Å². The van der Waals surface area contributed by atoms with Gasteiger partial charge in [-0.2, -0.15) is 26.3 Å². The SMILES string of the molecule is C=CC[n+]1cccc(C)c1.O=S(=O)([N-]S(=O)(=O)C(F)(F)F)C(F)(F)F. The second-order valence-electron chi connectivity index (χ2n) is 4.28. The number of rotatable bonds is 4. The molecule has 0 amide bonds. The maximum absolute atomic E-state index is 11.4. The minimum absolute atomic E-state index is 0.778. The van der Waals surface area contributed by atoms with Crippen LogP contribution < -0.4 is 4.57 Å². The van der Waals surface area contributed by atoms with Gasteiger partial charge in [0.1, 0.15) is 0 Å². The van der Waals surface area contributed by atoms with E-state index in [9.17, 15) is 43.2 Å². The minimum atomic E-state index is -6.72. The fourth-order valence-corrected chi connectivity index (χ4v) is 2.84. The molecule has 0 N–H and O–H groups in total. The summed E-state index contributed by atoms with van der Waals surface area (Å²) in [5.74, 6) is 0. The van der Waals surface area contributed by atoms with E-state index < -0.39 is 31.1 Å².